The first-order valence-corrected chi connectivity index (χ1v) is 5.25. The van der Waals surface area contributed by atoms with Gasteiger partial charge in [0, 0.05) is 12.1 Å². The maximum atomic E-state index is 11.5. The molecule has 0 aromatic heterocycles. The van der Waals surface area contributed by atoms with Gasteiger partial charge in [0.15, 0.2) is 0 Å². The van der Waals surface area contributed by atoms with Crippen LogP contribution in [0.2, 0.25) is 0 Å². The van der Waals surface area contributed by atoms with E-state index in [1.807, 2.05) is 19.0 Å². The predicted molar refractivity (Wildman–Crippen MR) is 57.2 cm³/mol. The zero-order chi connectivity index (χ0) is 10.6. The van der Waals surface area contributed by atoms with Crippen molar-refractivity contribution in [2.24, 2.45) is 0 Å². The van der Waals surface area contributed by atoms with E-state index < -0.39 is 0 Å². The van der Waals surface area contributed by atoms with Gasteiger partial charge in [0.05, 0.1) is 6.54 Å². The van der Waals surface area contributed by atoms with Gasteiger partial charge in [-0.05, 0) is 40.4 Å². The molecule has 1 amide bonds. The van der Waals surface area contributed by atoms with E-state index in [1.165, 1.54) is 0 Å². The van der Waals surface area contributed by atoms with Gasteiger partial charge >= 0.3 is 0 Å². The van der Waals surface area contributed by atoms with Crippen molar-refractivity contribution >= 4 is 5.91 Å². The Morgan fingerprint density at radius 3 is 2.86 bits per heavy atom. The fourth-order valence-electron chi connectivity index (χ4n) is 1.82. The Bertz CT molecular complexity index is 194. The molecule has 2 N–H and O–H groups in total. The first-order chi connectivity index (χ1) is 6.58. The molecule has 2 unspecified atom stereocenters. The van der Waals surface area contributed by atoms with Crippen molar-refractivity contribution in [1.29, 1.82) is 0 Å². The van der Waals surface area contributed by atoms with E-state index >= 15 is 0 Å². The SMILES string of the molecule is CC1CC(NC(=O)CN(C)C)CCN1. The first kappa shape index (κ1) is 11.5. The number of carbonyl (C=O) groups is 1. The number of rotatable bonds is 3. The van der Waals surface area contributed by atoms with Crippen LogP contribution in [0.3, 0.4) is 0 Å². The third kappa shape index (κ3) is 4.07. The van der Waals surface area contributed by atoms with Gasteiger partial charge in [0.25, 0.3) is 0 Å². The number of likely N-dealkylation sites (N-methyl/N-ethyl adjacent to an activating group) is 1. The van der Waals surface area contributed by atoms with Crippen molar-refractivity contribution in [3.05, 3.63) is 0 Å². The zero-order valence-electron chi connectivity index (χ0n) is 9.34. The van der Waals surface area contributed by atoms with Crippen LogP contribution in [-0.4, -0.2) is 50.1 Å². The lowest BCUT2D eigenvalue weighted by Gasteiger charge is -2.29. The highest BCUT2D eigenvalue weighted by Crippen LogP contribution is 2.07. The van der Waals surface area contributed by atoms with Crippen molar-refractivity contribution < 1.29 is 4.79 Å². The summed E-state index contributed by atoms with van der Waals surface area (Å²) in [5.74, 6) is 0.133. The highest BCUT2D eigenvalue weighted by atomic mass is 16.2. The van der Waals surface area contributed by atoms with Crippen molar-refractivity contribution in [2.45, 2.75) is 31.8 Å². The minimum absolute atomic E-state index is 0.133. The average molecular weight is 199 g/mol. The highest BCUT2D eigenvalue weighted by molar-refractivity contribution is 5.78. The van der Waals surface area contributed by atoms with Crippen molar-refractivity contribution in [3.63, 3.8) is 0 Å². The topological polar surface area (TPSA) is 44.4 Å². The van der Waals surface area contributed by atoms with E-state index in [0.29, 0.717) is 18.6 Å². The van der Waals surface area contributed by atoms with E-state index in [1.54, 1.807) is 0 Å². The van der Waals surface area contributed by atoms with Crippen molar-refractivity contribution in [2.75, 3.05) is 27.2 Å². The van der Waals surface area contributed by atoms with Crippen LogP contribution in [0.25, 0.3) is 0 Å². The second kappa shape index (κ2) is 5.32. The average Bonchev–Trinajstić information content (AvgIpc) is 2.01. The van der Waals surface area contributed by atoms with Gasteiger partial charge in [-0.1, -0.05) is 0 Å². The van der Waals surface area contributed by atoms with Crippen LogP contribution in [0.15, 0.2) is 0 Å². The number of nitrogens with one attached hydrogen (secondary N) is 2. The van der Waals surface area contributed by atoms with Gasteiger partial charge in [0.1, 0.15) is 0 Å². The molecule has 82 valence electrons. The number of piperidine rings is 1. The molecular weight excluding hydrogens is 178 g/mol. The van der Waals surface area contributed by atoms with Crippen LogP contribution in [0.1, 0.15) is 19.8 Å². The Balaban J connectivity index is 2.25. The van der Waals surface area contributed by atoms with Gasteiger partial charge < -0.3 is 15.5 Å². The summed E-state index contributed by atoms with van der Waals surface area (Å²) in [7, 11) is 3.81. The molecule has 0 aromatic rings. The molecule has 0 saturated carbocycles. The lowest BCUT2D eigenvalue weighted by Crippen LogP contribution is -2.48. The summed E-state index contributed by atoms with van der Waals surface area (Å²) in [4.78, 5) is 13.3. The fraction of sp³-hybridized carbons (Fsp3) is 0.900. The number of carbonyl (C=O) groups excluding carboxylic acids is 1. The van der Waals surface area contributed by atoms with Crippen LogP contribution >= 0.6 is 0 Å². The monoisotopic (exact) mass is 199 g/mol. The lowest BCUT2D eigenvalue weighted by atomic mass is 10.0. The van der Waals surface area contributed by atoms with Crippen LogP contribution in [0.5, 0.6) is 0 Å². The molecule has 1 aliphatic heterocycles. The van der Waals surface area contributed by atoms with E-state index in [9.17, 15) is 4.79 Å². The molecule has 0 spiro atoms. The Morgan fingerprint density at radius 2 is 2.29 bits per heavy atom. The predicted octanol–water partition coefficient (Wildman–Crippen LogP) is -0.195. The summed E-state index contributed by atoms with van der Waals surface area (Å²) in [5, 5.41) is 6.42. The van der Waals surface area contributed by atoms with Crippen LogP contribution < -0.4 is 10.6 Å². The molecule has 4 nitrogen and oxygen atoms in total. The molecule has 0 aliphatic carbocycles. The number of hydrogen-bond donors (Lipinski definition) is 2. The van der Waals surface area contributed by atoms with Gasteiger partial charge in [-0.2, -0.15) is 0 Å². The summed E-state index contributed by atoms with van der Waals surface area (Å²) in [5.41, 5.74) is 0. The van der Waals surface area contributed by atoms with E-state index in [-0.39, 0.29) is 5.91 Å². The van der Waals surface area contributed by atoms with Gasteiger partial charge in [-0.3, -0.25) is 4.79 Å². The molecule has 0 radical (unpaired) electrons. The van der Waals surface area contributed by atoms with Gasteiger partial charge in [-0.25, -0.2) is 0 Å². The van der Waals surface area contributed by atoms with E-state index in [0.717, 1.165) is 19.4 Å². The third-order valence-corrected chi connectivity index (χ3v) is 2.45. The molecule has 1 rings (SSSR count). The maximum Gasteiger partial charge on any atom is 0.234 e. The molecule has 1 saturated heterocycles. The first-order valence-electron chi connectivity index (χ1n) is 5.25. The van der Waals surface area contributed by atoms with E-state index in [2.05, 4.69) is 17.6 Å². The molecular formula is C10H21N3O. The summed E-state index contributed by atoms with van der Waals surface area (Å²) in [6.45, 7) is 3.65. The van der Waals surface area contributed by atoms with Crippen molar-refractivity contribution in [1.82, 2.24) is 15.5 Å². The van der Waals surface area contributed by atoms with Crippen LogP contribution in [0, 0.1) is 0 Å². The summed E-state index contributed by atoms with van der Waals surface area (Å²) < 4.78 is 0. The smallest absolute Gasteiger partial charge is 0.234 e. The molecule has 0 bridgehead atoms. The molecule has 4 heteroatoms. The Hall–Kier alpha value is -0.610. The van der Waals surface area contributed by atoms with Crippen LogP contribution in [-0.2, 0) is 4.79 Å². The van der Waals surface area contributed by atoms with Gasteiger partial charge in [-0.15, -0.1) is 0 Å². The second-order valence-corrected chi connectivity index (χ2v) is 4.38. The zero-order valence-corrected chi connectivity index (χ0v) is 9.34. The number of nitrogens with zero attached hydrogens (tertiary/aromatic N) is 1. The molecule has 1 fully saturated rings. The largest absolute Gasteiger partial charge is 0.352 e. The second-order valence-electron chi connectivity index (χ2n) is 4.38. The van der Waals surface area contributed by atoms with Gasteiger partial charge in [0.2, 0.25) is 5.91 Å². The highest BCUT2D eigenvalue weighted by Gasteiger charge is 2.19. The molecule has 2 atom stereocenters. The Kier molecular flexibility index (Phi) is 4.35. The standard InChI is InChI=1S/C10H21N3O/c1-8-6-9(4-5-11-8)12-10(14)7-13(2)3/h8-9,11H,4-7H2,1-3H3,(H,12,14). The summed E-state index contributed by atoms with van der Waals surface area (Å²) in [6, 6.07) is 0.882. The van der Waals surface area contributed by atoms with E-state index in [4.69, 9.17) is 0 Å². The molecule has 1 aliphatic rings. The minimum atomic E-state index is 0.133. The normalized spacial score (nSPS) is 27.7. The van der Waals surface area contributed by atoms with Crippen molar-refractivity contribution in [3.8, 4) is 0 Å². The Morgan fingerprint density at radius 1 is 1.57 bits per heavy atom. The van der Waals surface area contributed by atoms with Crippen LogP contribution in [0.4, 0.5) is 0 Å². The molecule has 1 heterocycles. The number of amides is 1. The molecule has 14 heavy (non-hydrogen) atoms. The lowest BCUT2D eigenvalue weighted by molar-refractivity contribution is -0.122. The third-order valence-electron chi connectivity index (χ3n) is 2.45. The maximum absolute atomic E-state index is 11.5. The Labute approximate surface area is 86.0 Å². The fourth-order valence-corrected chi connectivity index (χ4v) is 1.82. The molecule has 0 aromatic carbocycles. The summed E-state index contributed by atoms with van der Waals surface area (Å²) >= 11 is 0. The summed E-state index contributed by atoms with van der Waals surface area (Å²) in [6.07, 6.45) is 2.09. The quantitative estimate of drug-likeness (QED) is 0.662. The minimum Gasteiger partial charge on any atom is -0.352 e. The number of hydrogen-bond acceptors (Lipinski definition) is 3.